The normalized spacial score (nSPS) is 15.9. The summed E-state index contributed by atoms with van der Waals surface area (Å²) >= 11 is 0. The van der Waals surface area contributed by atoms with Gasteiger partial charge in [0.05, 0.1) is 12.6 Å². The van der Waals surface area contributed by atoms with E-state index in [1.165, 1.54) is 0 Å². The molecule has 0 aliphatic carbocycles. The number of benzene rings is 2. The molecule has 1 fully saturated rings. The van der Waals surface area contributed by atoms with Crippen LogP contribution in [0, 0.1) is 5.92 Å². The lowest BCUT2D eigenvalue weighted by Gasteiger charge is -2.26. The fourth-order valence-electron chi connectivity index (χ4n) is 4.30. The van der Waals surface area contributed by atoms with E-state index in [0.29, 0.717) is 18.7 Å². The molecule has 4 rings (SSSR count). The van der Waals surface area contributed by atoms with Crippen LogP contribution in [0.2, 0.25) is 0 Å². The fourth-order valence-corrected chi connectivity index (χ4v) is 4.30. The molecule has 3 aromatic rings. The van der Waals surface area contributed by atoms with Crippen LogP contribution in [0.5, 0.6) is 0 Å². The summed E-state index contributed by atoms with van der Waals surface area (Å²) in [6, 6.07) is 17.0. The molecule has 0 spiro atoms. The quantitative estimate of drug-likeness (QED) is 0.264. The Bertz CT molecular complexity index is 1270. The maximum Gasteiger partial charge on any atom is 0.289 e. The zero-order valence-electron chi connectivity index (χ0n) is 20.2. The number of amides is 4. The van der Waals surface area contributed by atoms with E-state index in [-0.39, 0.29) is 18.9 Å². The van der Waals surface area contributed by atoms with Crippen molar-refractivity contribution in [3.63, 3.8) is 0 Å². The molecule has 1 aromatic heterocycles. The monoisotopic (exact) mass is 503 g/mol. The number of aromatic amines is 1. The number of carbonyl (C=O) groups excluding carboxylic acids is 5. The summed E-state index contributed by atoms with van der Waals surface area (Å²) in [4.78, 5) is 66.0. The highest BCUT2D eigenvalue weighted by Gasteiger charge is 2.33. The molecule has 1 aliphatic rings. The van der Waals surface area contributed by atoms with E-state index in [2.05, 4.69) is 26.3 Å². The summed E-state index contributed by atoms with van der Waals surface area (Å²) in [5.74, 6) is -3.55. The summed E-state index contributed by atoms with van der Waals surface area (Å²) in [5.41, 5.74) is 1.89. The Morgan fingerprint density at radius 1 is 0.973 bits per heavy atom. The third-order valence-electron chi connectivity index (χ3n) is 6.28. The molecule has 0 unspecified atom stereocenters. The number of rotatable bonds is 10. The Labute approximate surface area is 213 Å². The minimum absolute atomic E-state index is 0.00880. The van der Waals surface area contributed by atoms with Gasteiger partial charge in [0.2, 0.25) is 17.6 Å². The van der Waals surface area contributed by atoms with Gasteiger partial charge in [-0.15, -0.1) is 0 Å². The lowest BCUT2D eigenvalue weighted by atomic mass is 9.90. The van der Waals surface area contributed by atoms with E-state index in [0.717, 1.165) is 22.9 Å². The van der Waals surface area contributed by atoms with E-state index in [9.17, 15) is 24.0 Å². The minimum atomic E-state index is -1.21. The van der Waals surface area contributed by atoms with Gasteiger partial charge in [-0.2, -0.15) is 0 Å². The fraction of sp³-hybridized carbons (Fsp3) is 0.296. The summed E-state index contributed by atoms with van der Waals surface area (Å²) < 4.78 is 0. The van der Waals surface area contributed by atoms with Crippen LogP contribution < -0.4 is 21.3 Å². The lowest BCUT2D eigenvalue weighted by molar-refractivity contribution is -0.141. The van der Waals surface area contributed by atoms with Crippen molar-refractivity contribution < 1.29 is 24.0 Å². The molecular weight excluding hydrogens is 474 g/mol. The maximum absolute atomic E-state index is 13.0. The lowest BCUT2D eigenvalue weighted by Crippen LogP contribution is -2.52. The van der Waals surface area contributed by atoms with E-state index >= 15 is 0 Å². The number of ketones is 1. The van der Waals surface area contributed by atoms with Crippen LogP contribution in [0.25, 0.3) is 10.9 Å². The Kier molecular flexibility index (Phi) is 8.29. The summed E-state index contributed by atoms with van der Waals surface area (Å²) in [5, 5.41) is 11.2. The predicted octanol–water partition coefficient (Wildman–Crippen LogP) is 1.18. The second-order valence-corrected chi connectivity index (χ2v) is 8.97. The van der Waals surface area contributed by atoms with Crippen molar-refractivity contribution in [3.05, 3.63) is 71.9 Å². The molecular formula is C27H29N5O5. The number of nitrogens with one attached hydrogen (secondary N) is 5. The van der Waals surface area contributed by atoms with Crippen LogP contribution in [0.15, 0.2) is 60.7 Å². The van der Waals surface area contributed by atoms with E-state index < -0.39 is 42.0 Å². The predicted molar refractivity (Wildman–Crippen MR) is 136 cm³/mol. The highest BCUT2D eigenvalue weighted by Crippen LogP contribution is 2.18. The van der Waals surface area contributed by atoms with E-state index in [1.54, 1.807) is 6.07 Å². The average molecular weight is 504 g/mol. The van der Waals surface area contributed by atoms with Gasteiger partial charge in [0.1, 0.15) is 5.69 Å². The van der Waals surface area contributed by atoms with Gasteiger partial charge in [0.15, 0.2) is 0 Å². The van der Waals surface area contributed by atoms with Crippen LogP contribution in [0.1, 0.15) is 35.3 Å². The second kappa shape index (κ2) is 12.0. The second-order valence-electron chi connectivity index (χ2n) is 8.97. The van der Waals surface area contributed by atoms with Crippen molar-refractivity contribution in [1.29, 1.82) is 0 Å². The zero-order chi connectivity index (χ0) is 26.2. The largest absolute Gasteiger partial charge is 0.356 e. The van der Waals surface area contributed by atoms with Gasteiger partial charge in [0.25, 0.3) is 11.8 Å². The van der Waals surface area contributed by atoms with Crippen LogP contribution in [0.4, 0.5) is 0 Å². The Hall–Kier alpha value is -4.47. The standard InChI is InChI=1S/C27H29N5O5/c33-23(16-30-26(36)22-13-18-9-4-5-11-20(18)31-22)32-21(14-19-10-6-12-28-25(19)35)24(34)27(37)29-15-17-7-2-1-3-8-17/h1-5,7-9,11,13,19,21,31H,6,10,12,14-16H2,(H,28,35)(H,29,37)(H,30,36)(H,32,33)/t19-,21-/m0/s1. The first kappa shape index (κ1) is 25.6. The average Bonchev–Trinajstić information content (AvgIpc) is 3.36. The van der Waals surface area contributed by atoms with Gasteiger partial charge >= 0.3 is 0 Å². The van der Waals surface area contributed by atoms with E-state index in [4.69, 9.17) is 0 Å². The molecule has 5 N–H and O–H groups in total. The van der Waals surface area contributed by atoms with E-state index in [1.807, 2.05) is 54.6 Å². The first-order valence-corrected chi connectivity index (χ1v) is 12.2. The van der Waals surface area contributed by atoms with Gasteiger partial charge in [-0.25, -0.2) is 0 Å². The number of Topliss-reactive ketones (excluding diaryl/α,β-unsaturated/α-hetero) is 1. The number of hydrogen-bond donors (Lipinski definition) is 5. The van der Waals surface area contributed by atoms with Crippen molar-refractivity contribution >= 4 is 40.3 Å². The first-order valence-electron chi connectivity index (χ1n) is 12.2. The Morgan fingerprint density at radius 3 is 2.49 bits per heavy atom. The van der Waals surface area contributed by atoms with Gasteiger partial charge in [0, 0.05) is 29.9 Å². The molecule has 10 nitrogen and oxygen atoms in total. The smallest absolute Gasteiger partial charge is 0.289 e. The topological polar surface area (TPSA) is 149 Å². The molecule has 37 heavy (non-hydrogen) atoms. The van der Waals surface area contributed by atoms with Crippen molar-refractivity contribution in [3.8, 4) is 0 Å². The first-order chi connectivity index (χ1) is 17.9. The number of aromatic nitrogens is 1. The molecule has 192 valence electrons. The SMILES string of the molecule is O=C(CNC(=O)c1cc2ccccc2[nH]1)N[C@@H](C[C@@H]1CCCNC1=O)C(=O)C(=O)NCc1ccccc1. The number of carbonyl (C=O) groups is 5. The van der Waals surface area contributed by atoms with Crippen LogP contribution >= 0.6 is 0 Å². The molecule has 1 saturated heterocycles. The third-order valence-corrected chi connectivity index (χ3v) is 6.28. The minimum Gasteiger partial charge on any atom is -0.356 e. The number of H-pyrrole nitrogens is 1. The van der Waals surface area contributed by atoms with Gasteiger partial charge in [-0.05, 0) is 37.0 Å². The molecule has 1 aliphatic heterocycles. The Balaban J connectivity index is 1.37. The molecule has 10 heteroatoms. The molecule has 2 atom stereocenters. The molecule has 0 radical (unpaired) electrons. The molecule has 0 bridgehead atoms. The number of para-hydroxylation sites is 1. The van der Waals surface area contributed by atoms with Crippen LogP contribution in [0.3, 0.4) is 0 Å². The molecule has 2 aromatic carbocycles. The van der Waals surface area contributed by atoms with Crippen LogP contribution in [-0.2, 0) is 25.7 Å². The summed E-state index contributed by atoms with van der Waals surface area (Å²) in [6.07, 6.45) is 1.28. The van der Waals surface area contributed by atoms with Gasteiger partial charge in [-0.3, -0.25) is 24.0 Å². The number of piperidine rings is 1. The number of fused-ring (bicyclic) bond motifs is 1. The maximum atomic E-state index is 13.0. The Morgan fingerprint density at radius 2 is 1.73 bits per heavy atom. The molecule has 0 saturated carbocycles. The van der Waals surface area contributed by atoms with Crippen molar-refractivity contribution in [2.45, 2.75) is 31.8 Å². The molecule has 2 heterocycles. The van der Waals surface area contributed by atoms with Gasteiger partial charge < -0.3 is 26.3 Å². The van der Waals surface area contributed by atoms with Crippen molar-refractivity contribution in [2.75, 3.05) is 13.1 Å². The van der Waals surface area contributed by atoms with Crippen LogP contribution in [-0.4, -0.2) is 53.5 Å². The highest BCUT2D eigenvalue weighted by molar-refractivity contribution is 6.38. The summed E-state index contributed by atoms with van der Waals surface area (Å²) in [6.45, 7) is 0.300. The third kappa shape index (κ3) is 6.81. The van der Waals surface area contributed by atoms with Crippen molar-refractivity contribution in [1.82, 2.24) is 26.3 Å². The van der Waals surface area contributed by atoms with Gasteiger partial charge in [-0.1, -0.05) is 48.5 Å². The highest BCUT2D eigenvalue weighted by atomic mass is 16.2. The van der Waals surface area contributed by atoms with Crippen molar-refractivity contribution in [2.24, 2.45) is 5.92 Å². The number of hydrogen-bond acceptors (Lipinski definition) is 5. The zero-order valence-corrected chi connectivity index (χ0v) is 20.2. The molecule has 4 amide bonds. The summed E-state index contributed by atoms with van der Waals surface area (Å²) in [7, 11) is 0.